The summed E-state index contributed by atoms with van der Waals surface area (Å²) >= 11 is 6.46. The molecule has 0 unspecified atom stereocenters. The summed E-state index contributed by atoms with van der Waals surface area (Å²) in [6.07, 6.45) is 1.26. The smallest absolute Gasteiger partial charge is 0.275 e. The zero-order valence-electron chi connectivity index (χ0n) is 10.9. The molecule has 2 rings (SSSR count). The minimum atomic E-state index is -0.651. The fraction of sp³-hybridized carbons (Fsp3) is 0. The average Bonchev–Trinajstić information content (AvgIpc) is 2.43. The van der Waals surface area contributed by atoms with E-state index in [9.17, 15) is 15.0 Å². The first-order valence-electron chi connectivity index (χ1n) is 5.92. The molecule has 0 atom stereocenters. The third-order valence-corrected chi connectivity index (χ3v) is 3.72. The minimum absolute atomic E-state index is 0.0197. The van der Waals surface area contributed by atoms with Crippen molar-refractivity contribution in [1.29, 1.82) is 0 Å². The molecule has 0 aromatic heterocycles. The first-order chi connectivity index (χ1) is 10.4. The van der Waals surface area contributed by atoms with Crippen LogP contribution in [0, 0.1) is 0 Å². The second-order valence-electron chi connectivity index (χ2n) is 4.23. The normalized spacial score (nSPS) is 10.8. The van der Waals surface area contributed by atoms with Gasteiger partial charge in [0.05, 0.1) is 16.3 Å². The molecule has 114 valence electrons. The van der Waals surface area contributed by atoms with E-state index in [1.165, 1.54) is 18.3 Å². The molecule has 22 heavy (non-hydrogen) atoms. The molecule has 0 aliphatic rings. The van der Waals surface area contributed by atoms with E-state index in [1.54, 1.807) is 12.1 Å². The average molecular weight is 430 g/mol. The molecule has 6 nitrogen and oxygen atoms in total. The lowest BCUT2D eigenvalue weighted by Crippen LogP contribution is -2.17. The highest BCUT2D eigenvalue weighted by atomic mass is 79.9. The maximum absolute atomic E-state index is 11.8. The number of benzene rings is 2. The summed E-state index contributed by atoms with van der Waals surface area (Å²) in [6.45, 7) is 0. The third-order valence-electron chi connectivity index (χ3n) is 2.65. The monoisotopic (exact) mass is 428 g/mol. The molecule has 8 heteroatoms. The van der Waals surface area contributed by atoms with Gasteiger partial charge in [0.25, 0.3) is 5.91 Å². The molecular weight excluding hydrogens is 420 g/mol. The number of hydrogen-bond acceptors (Lipinski definition) is 5. The van der Waals surface area contributed by atoms with E-state index in [1.807, 2.05) is 0 Å². The Morgan fingerprint density at radius 3 is 2.55 bits per heavy atom. The van der Waals surface area contributed by atoms with Gasteiger partial charge >= 0.3 is 0 Å². The van der Waals surface area contributed by atoms with Gasteiger partial charge in [-0.25, -0.2) is 5.43 Å². The number of phenols is 3. The van der Waals surface area contributed by atoms with Crippen LogP contribution in [-0.4, -0.2) is 27.4 Å². The number of aromatic hydroxyl groups is 3. The fourth-order valence-electron chi connectivity index (χ4n) is 1.62. The van der Waals surface area contributed by atoms with Crippen molar-refractivity contribution in [2.45, 2.75) is 0 Å². The van der Waals surface area contributed by atoms with Crippen molar-refractivity contribution in [2.24, 2.45) is 5.10 Å². The number of rotatable bonds is 3. The van der Waals surface area contributed by atoms with Crippen molar-refractivity contribution in [3.63, 3.8) is 0 Å². The summed E-state index contributed by atoms with van der Waals surface area (Å²) in [5.41, 5.74) is 2.57. The zero-order valence-corrected chi connectivity index (χ0v) is 14.1. The summed E-state index contributed by atoms with van der Waals surface area (Å²) < 4.78 is 1.20. The standard InChI is InChI=1S/C14H10Br2N2O4/c15-8-3-7(13(21)11(16)4-8)6-17-18-14(22)10-2-1-9(19)5-12(10)20/h1-6,19-21H,(H,18,22)/b17-6+. The number of halogens is 2. The maximum atomic E-state index is 11.8. The Morgan fingerprint density at radius 2 is 1.86 bits per heavy atom. The van der Waals surface area contributed by atoms with Crippen molar-refractivity contribution < 1.29 is 20.1 Å². The van der Waals surface area contributed by atoms with E-state index < -0.39 is 5.91 Å². The first kappa shape index (κ1) is 16.3. The molecule has 0 bridgehead atoms. The van der Waals surface area contributed by atoms with Crippen LogP contribution in [0.25, 0.3) is 0 Å². The maximum Gasteiger partial charge on any atom is 0.275 e. The minimum Gasteiger partial charge on any atom is -0.508 e. The van der Waals surface area contributed by atoms with Crippen LogP contribution in [0.2, 0.25) is 0 Å². The molecule has 2 aromatic carbocycles. The second-order valence-corrected chi connectivity index (χ2v) is 6.00. The topological polar surface area (TPSA) is 102 Å². The molecule has 2 aromatic rings. The highest BCUT2D eigenvalue weighted by Gasteiger charge is 2.11. The second kappa shape index (κ2) is 6.80. The van der Waals surface area contributed by atoms with Crippen LogP contribution in [0.1, 0.15) is 15.9 Å². The van der Waals surface area contributed by atoms with Crippen LogP contribution >= 0.6 is 31.9 Å². The van der Waals surface area contributed by atoms with Crippen LogP contribution in [0.4, 0.5) is 0 Å². The molecule has 0 heterocycles. The van der Waals surface area contributed by atoms with Crippen molar-refractivity contribution in [2.75, 3.05) is 0 Å². The number of hydrogen-bond donors (Lipinski definition) is 4. The lowest BCUT2D eigenvalue weighted by molar-refractivity contribution is 0.0952. The Kier molecular flexibility index (Phi) is 5.04. The number of nitrogens with zero attached hydrogens (tertiary/aromatic N) is 1. The molecule has 0 saturated heterocycles. The van der Waals surface area contributed by atoms with Crippen molar-refractivity contribution in [1.82, 2.24) is 5.43 Å². The van der Waals surface area contributed by atoms with Gasteiger partial charge in [-0.15, -0.1) is 0 Å². The number of hydrazone groups is 1. The van der Waals surface area contributed by atoms with Crippen LogP contribution in [0.15, 0.2) is 44.4 Å². The van der Waals surface area contributed by atoms with E-state index >= 15 is 0 Å². The van der Waals surface area contributed by atoms with Crippen LogP contribution < -0.4 is 5.43 Å². The fourth-order valence-corrected chi connectivity index (χ4v) is 2.88. The largest absolute Gasteiger partial charge is 0.508 e. The van der Waals surface area contributed by atoms with Crippen molar-refractivity contribution >= 4 is 44.0 Å². The molecule has 1 amide bonds. The van der Waals surface area contributed by atoms with Crippen LogP contribution in [0.3, 0.4) is 0 Å². The number of carbonyl (C=O) groups is 1. The Balaban J connectivity index is 2.14. The number of nitrogens with one attached hydrogen (secondary N) is 1. The Hall–Kier alpha value is -2.06. The van der Waals surface area contributed by atoms with E-state index in [-0.39, 0.29) is 22.8 Å². The van der Waals surface area contributed by atoms with Gasteiger partial charge in [-0.1, -0.05) is 15.9 Å². The van der Waals surface area contributed by atoms with Gasteiger partial charge < -0.3 is 15.3 Å². The summed E-state index contributed by atoms with van der Waals surface area (Å²) in [5, 5.41) is 32.3. The molecule has 0 aliphatic carbocycles. The van der Waals surface area contributed by atoms with Gasteiger partial charge in [0.1, 0.15) is 17.2 Å². The van der Waals surface area contributed by atoms with Gasteiger partial charge in [-0.3, -0.25) is 4.79 Å². The molecule has 4 N–H and O–H groups in total. The molecule has 0 radical (unpaired) electrons. The van der Waals surface area contributed by atoms with Crippen molar-refractivity contribution in [3.8, 4) is 17.2 Å². The summed E-state index contributed by atoms with van der Waals surface area (Å²) in [5.74, 6) is -1.18. The highest BCUT2D eigenvalue weighted by molar-refractivity contribution is 9.11. The Bertz CT molecular complexity index is 763. The highest BCUT2D eigenvalue weighted by Crippen LogP contribution is 2.30. The Labute approximate surface area is 142 Å². The molecule has 0 saturated carbocycles. The van der Waals surface area contributed by atoms with Gasteiger partial charge in [0, 0.05) is 16.1 Å². The lowest BCUT2D eigenvalue weighted by atomic mass is 10.2. The van der Waals surface area contributed by atoms with Crippen LogP contribution in [-0.2, 0) is 0 Å². The van der Waals surface area contributed by atoms with Gasteiger partial charge in [0.15, 0.2) is 0 Å². The first-order valence-corrected chi connectivity index (χ1v) is 7.50. The zero-order chi connectivity index (χ0) is 16.3. The summed E-state index contributed by atoms with van der Waals surface area (Å²) in [7, 11) is 0. The molecular formula is C14H10Br2N2O4. The van der Waals surface area contributed by atoms with Gasteiger partial charge in [0.2, 0.25) is 0 Å². The van der Waals surface area contributed by atoms with Crippen molar-refractivity contribution in [3.05, 3.63) is 50.4 Å². The van der Waals surface area contributed by atoms with Crippen LogP contribution in [0.5, 0.6) is 17.2 Å². The van der Waals surface area contributed by atoms with E-state index in [2.05, 4.69) is 42.4 Å². The SMILES string of the molecule is O=C(N/N=C/c1cc(Br)cc(Br)c1O)c1ccc(O)cc1O. The van der Waals surface area contributed by atoms with E-state index in [0.717, 1.165) is 10.5 Å². The molecule has 0 spiro atoms. The molecule has 0 aliphatic heterocycles. The Morgan fingerprint density at radius 1 is 1.14 bits per heavy atom. The predicted molar refractivity (Wildman–Crippen MR) is 88.3 cm³/mol. The number of carbonyl (C=O) groups excluding carboxylic acids is 1. The van der Waals surface area contributed by atoms with Gasteiger partial charge in [-0.05, 0) is 40.2 Å². The molecule has 0 fully saturated rings. The number of phenolic OH excluding ortho intramolecular Hbond substituents is 3. The van der Waals surface area contributed by atoms with Gasteiger partial charge in [-0.2, -0.15) is 5.10 Å². The predicted octanol–water partition coefficient (Wildman–Crippen LogP) is 3.09. The van der Waals surface area contributed by atoms with E-state index in [0.29, 0.717) is 10.0 Å². The number of amides is 1. The summed E-state index contributed by atoms with van der Waals surface area (Å²) in [6, 6.07) is 6.88. The quantitative estimate of drug-likeness (QED) is 0.444. The third kappa shape index (κ3) is 3.77. The summed E-state index contributed by atoms with van der Waals surface area (Å²) in [4.78, 5) is 11.8. The lowest BCUT2D eigenvalue weighted by Gasteiger charge is -2.04. The van der Waals surface area contributed by atoms with E-state index in [4.69, 9.17) is 5.11 Å².